The van der Waals surface area contributed by atoms with Crippen LogP contribution in [-0.4, -0.2) is 55.5 Å². The molecule has 1 fully saturated rings. The van der Waals surface area contributed by atoms with E-state index in [9.17, 15) is 13.2 Å². The van der Waals surface area contributed by atoms with E-state index in [1.54, 1.807) is 4.90 Å². The summed E-state index contributed by atoms with van der Waals surface area (Å²) in [5, 5.41) is 8.33. The van der Waals surface area contributed by atoms with Gasteiger partial charge in [-0.15, -0.1) is 10.2 Å². The van der Waals surface area contributed by atoms with Crippen LogP contribution in [0.25, 0.3) is 0 Å². The van der Waals surface area contributed by atoms with E-state index >= 15 is 0 Å². The Kier molecular flexibility index (Phi) is 4.65. The molecule has 3 heterocycles. The summed E-state index contributed by atoms with van der Waals surface area (Å²) in [6, 6.07) is 6.12. The van der Waals surface area contributed by atoms with Crippen molar-refractivity contribution >= 4 is 17.5 Å². The van der Waals surface area contributed by atoms with Crippen LogP contribution in [0.2, 0.25) is 0 Å². The first-order chi connectivity index (χ1) is 11.9. The number of aromatic nitrogens is 3. The predicted octanol–water partition coefficient (Wildman–Crippen LogP) is 2.28. The van der Waals surface area contributed by atoms with Crippen LogP contribution in [0.1, 0.15) is 5.56 Å². The summed E-state index contributed by atoms with van der Waals surface area (Å²) in [5.74, 6) is 1.47. The SMILES string of the molecule is CN(C)c1ccc(N2CCN(c3ncccc3C(F)(F)F)CC2)nn1. The highest BCUT2D eigenvalue weighted by Gasteiger charge is 2.36. The summed E-state index contributed by atoms with van der Waals surface area (Å²) < 4.78 is 39.4. The Labute approximate surface area is 143 Å². The molecule has 9 heteroatoms. The second kappa shape index (κ2) is 6.73. The maximum absolute atomic E-state index is 13.1. The van der Waals surface area contributed by atoms with Crippen LogP contribution >= 0.6 is 0 Å². The van der Waals surface area contributed by atoms with E-state index in [0.29, 0.717) is 26.2 Å². The van der Waals surface area contributed by atoms with Crippen molar-refractivity contribution in [1.82, 2.24) is 15.2 Å². The van der Waals surface area contributed by atoms with Gasteiger partial charge < -0.3 is 14.7 Å². The lowest BCUT2D eigenvalue weighted by Gasteiger charge is -2.36. The first-order valence-electron chi connectivity index (χ1n) is 7.89. The Balaban J connectivity index is 1.70. The van der Waals surface area contributed by atoms with Gasteiger partial charge in [-0.1, -0.05) is 0 Å². The zero-order valence-corrected chi connectivity index (χ0v) is 14.0. The molecule has 6 nitrogen and oxygen atoms in total. The van der Waals surface area contributed by atoms with Crippen molar-refractivity contribution in [2.75, 3.05) is 55.0 Å². The molecular weight excluding hydrogens is 333 g/mol. The van der Waals surface area contributed by atoms with E-state index < -0.39 is 11.7 Å². The second-order valence-corrected chi connectivity index (χ2v) is 5.99. The fourth-order valence-electron chi connectivity index (χ4n) is 2.74. The summed E-state index contributed by atoms with van der Waals surface area (Å²) in [7, 11) is 3.76. The van der Waals surface area contributed by atoms with Crippen LogP contribution in [0.15, 0.2) is 30.5 Å². The van der Waals surface area contributed by atoms with Crippen molar-refractivity contribution in [3.8, 4) is 0 Å². The van der Waals surface area contributed by atoms with Gasteiger partial charge in [0.25, 0.3) is 0 Å². The number of anilines is 3. The van der Waals surface area contributed by atoms with E-state index in [0.717, 1.165) is 17.7 Å². The van der Waals surface area contributed by atoms with Gasteiger partial charge in [0.15, 0.2) is 11.6 Å². The molecule has 0 atom stereocenters. The van der Waals surface area contributed by atoms with Crippen molar-refractivity contribution < 1.29 is 13.2 Å². The van der Waals surface area contributed by atoms with Crippen LogP contribution < -0.4 is 14.7 Å². The molecule has 0 saturated carbocycles. The molecule has 0 radical (unpaired) electrons. The molecule has 2 aromatic rings. The summed E-state index contributed by atoms with van der Waals surface area (Å²) in [6.45, 7) is 2.00. The Bertz CT molecular complexity index is 709. The number of hydrogen-bond acceptors (Lipinski definition) is 6. The van der Waals surface area contributed by atoms with Gasteiger partial charge in [0.2, 0.25) is 0 Å². The monoisotopic (exact) mass is 352 g/mol. The molecule has 0 amide bonds. The molecule has 1 aliphatic rings. The van der Waals surface area contributed by atoms with E-state index in [1.807, 2.05) is 36.0 Å². The molecule has 0 unspecified atom stereocenters. The lowest BCUT2D eigenvalue weighted by atomic mass is 10.2. The molecule has 3 rings (SSSR count). The molecule has 0 bridgehead atoms. The topological polar surface area (TPSA) is 48.4 Å². The molecule has 1 aliphatic heterocycles. The minimum absolute atomic E-state index is 0.0105. The molecular formula is C16H19F3N6. The number of halogens is 3. The fourth-order valence-corrected chi connectivity index (χ4v) is 2.74. The minimum Gasteiger partial charge on any atom is -0.361 e. The molecule has 0 aliphatic carbocycles. The highest BCUT2D eigenvalue weighted by atomic mass is 19.4. The Morgan fingerprint density at radius 3 is 2.20 bits per heavy atom. The first-order valence-corrected chi connectivity index (χ1v) is 7.89. The summed E-state index contributed by atoms with van der Waals surface area (Å²) in [5.41, 5.74) is -0.696. The van der Waals surface area contributed by atoms with Gasteiger partial charge in [-0.05, 0) is 24.3 Å². The Morgan fingerprint density at radius 2 is 1.64 bits per heavy atom. The van der Waals surface area contributed by atoms with Gasteiger partial charge in [-0.2, -0.15) is 13.2 Å². The molecule has 25 heavy (non-hydrogen) atoms. The average Bonchev–Trinajstić information content (AvgIpc) is 2.61. The highest BCUT2D eigenvalue weighted by molar-refractivity contribution is 5.51. The zero-order valence-electron chi connectivity index (χ0n) is 14.0. The summed E-state index contributed by atoms with van der Waals surface area (Å²) in [6.07, 6.45) is -3.02. The first kappa shape index (κ1) is 17.2. The third-order valence-corrected chi connectivity index (χ3v) is 4.09. The van der Waals surface area contributed by atoms with E-state index in [1.165, 1.54) is 12.3 Å². The van der Waals surface area contributed by atoms with Gasteiger partial charge in [0.1, 0.15) is 5.82 Å². The van der Waals surface area contributed by atoms with Gasteiger partial charge in [-0.3, -0.25) is 0 Å². The van der Waals surface area contributed by atoms with Gasteiger partial charge in [0, 0.05) is 46.5 Å². The van der Waals surface area contributed by atoms with Crippen molar-refractivity contribution in [3.63, 3.8) is 0 Å². The maximum Gasteiger partial charge on any atom is 0.419 e. The molecule has 134 valence electrons. The second-order valence-electron chi connectivity index (χ2n) is 5.99. The number of alkyl halides is 3. The quantitative estimate of drug-likeness (QED) is 0.845. The number of piperazine rings is 1. The third-order valence-electron chi connectivity index (χ3n) is 4.09. The van der Waals surface area contributed by atoms with Crippen LogP contribution in [0.3, 0.4) is 0 Å². The molecule has 0 aromatic carbocycles. The standard InChI is InChI=1S/C16H19F3N6/c1-23(2)13-5-6-14(22-21-13)24-8-10-25(11-9-24)15-12(16(17,18)19)4-3-7-20-15/h3-7H,8-11H2,1-2H3. The van der Waals surface area contributed by atoms with Crippen molar-refractivity contribution in [1.29, 1.82) is 0 Å². The van der Waals surface area contributed by atoms with Crippen LogP contribution in [-0.2, 0) is 6.18 Å². The average molecular weight is 352 g/mol. The number of hydrogen-bond donors (Lipinski definition) is 0. The van der Waals surface area contributed by atoms with E-state index in [4.69, 9.17) is 0 Å². The van der Waals surface area contributed by atoms with Crippen molar-refractivity contribution in [3.05, 3.63) is 36.0 Å². The van der Waals surface area contributed by atoms with Gasteiger partial charge >= 0.3 is 6.18 Å². The van der Waals surface area contributed by atoms with Crippen molar-refractivity contribution in [2.24, 2.45) is 0 Å². The smallest absolute Gasteiger partial charge is 0.361 e. The maximum atomic E-state index is 13.1. The normalized spacial score (nSPS) is 15.4. The fraction of sp³-hybridized carbons (Fsp3) is 0.438. The summed E-state index contributed by atoms with van der Waals surface area (Å²) >= 11 is 0. The lowest BCUT2D eigenvalue weighted by molar-refractivity contribution is -0.137. The van der Waals surface area contributed by atoms with Crippen molar-refractivity contribution in [2.45, 2.75) is 6.18 Å². The van der Waals surface area contributed by atoms with E-state index in [-0.39, 0.29) is 5.82 Å². The van der Waals surface area contributed by atoms with Crippen LogP contribution in [0, 0.1) is 0 Å². The highest BCUT2D eigenvalue weighted by Crippen LogP contribution is 2.35. The number of nitrogens with zero attached hydrogens (tertiary/aromatic N) is 6. The lowest BCUT2D eigenvalue weighted by Crippen LogP contribution is -2.47. The van der Waals surface area contributed by atoms with E-state index in [2.05, 4.69) is 15.2 Å². The molecule has 0 N–H and O–H groups in total. The van der Waals surface area contributed by atoms with Crippen LogP contribution in [0.4, 0.5) is 30.6 Å². The summed E-state index contributed by atoms with van der Waals surface area (Å²) in [4.78, 5) is 9.49. The zero-order chi connectivity index (χ0) is 18.0. The Morgan fingerprint density at radius 1 is 0.960 bits per heavy atom. The molecule has 0 spiro atoms. The van der Waals surface area contributed by atoms with Gasteiger partial charge in [0.05, 0.1) is 5.56 Å². The largest absolute Gasteiger partial charge is 0.419 e. The predicted molar refractivity (Wildman–Crippen MR) is 90.0 cm³/mol. The van der Waals surface area contributed by atoms with Gasteiger partial charge in [-0.25, -0.2) is 4.98 Å². The third kappa shape index (κ3) is 3.75. The minimum atomic E-state index is -4.41. The van der Waals surface area contributed by atoms with Crippen LogP contribution in [0.5, 0.6) is 0 Å². The molecule has 2 aromatic heterocycles. The number of rotatable bonds is 3. The Hall–Kier alpha value is -2.58. The number of pyridine rings is 1. The molecule has 1 saturated heterocycles.